The van der Waals surface area contributed by atoms with E-state index in [1.165, 1.54) is 6.42 Å². The fourth-order valence-corrected chi connectivity index (χ4v) is 1.79. The van der Waals surface area contributed by atoms with E-state index in [1.807, 2.05) is 0 Å². The third-order valence-corrected chi connectivity index (χ3v) is 2.84. The molecule has 1 heterocycles. The molecule has 0 aromatic carbocycles. The molecule has 0 radical (unpaired) electrons. The van der Waals surface area contributed by atoms with E-state index in [0.717, 1.165) is 25.9 Å². The van der Waals surface area contributed by atoms with Crippen LogP contribution in [0.5, 0.6) is 0 Å². The van der Waals surface area contributed by atoms with Gasteiger partial charge in [0.05, 0.1) is 6.61 Å². The first kappa shape index (κ1) is 7.29. The summed E-state index contributed by atoms with van der Waals surface area (Å²) in [6.07, 6.45) is 4.49. The van der Waals surface area contributed by atoms with E-state index < -0.39 is 0 Å². The Morgan fingerprint density at radius 2 is 2.00 bits per heavy atom. The number of hydrogen-bond donors (Lipinski definition) is 0. The monoisotopic (exact) mass is 154 g/mol. The fraction of sp³-hybridized carbons (Fsp3) is 0.889. The van der Waals surface area contributed by atoms with Gasteiger partial charge in [-0.15, -0.1) is 0 Å². The van der Waals surface area contributed by atoms with Crippen LogP contribution in [-0.2, 0) is 9.53 Å². The van der Waals surface area contributed by atoms with Crippen molar-refractivity contribution in [2.24, 2.45) is 11.8 Å². The lowest BCUT2D eigenvalue weighted by molar-refractivity contribution is -0.129. The van der Waals surface area contributed by atoms with Crippen molar-refractivity contribution in [1.82, 2.24) is 0 Å². The van der Waals surface area contributed by atoms with Gasteiger partial charge < -0.3 is 4.74 Å². The Bertz CT molecular complexity index is 155. The normalized spacial score (nSPS) is 31.8. The van der Waals surface area contributed by atoms with Gasteiger partial charge in [0.1, 0.15) is 5.78 Å². The summed E-state index contributed by atoms with van der Waals surface area (Å²) in [5.41, 5.74) is 0. The summed E-state index contributed by atoms with van der Waals surface area (Å²) in [7, 11) is 0. The third-order valence-electron chi connectivity index (χ3n) is 2.84. The van der Waals surface area contributed by atoms with Crippen molar-refractivity contribution in [2.75, 3.05) is 13.2 Å². The van der Waals surface area contributed by atoms with Gasteiger partial charge in [-0.05, 0) is 19.3 Å². The standard InChI is InChI=1S/C9H14O2/c10-9(7-2-1-3-7)8-4-5-11-6-8/h7-8H,1-6H2/t8-/m0/s1. The molecule has 2 nitrogen and oxygen atoms in total. The summed E-state index contributed by atoms with van der Waals surface area (Å²) in [5.74, 6) is 1.13. The molecule has 0 bridgehead atoms. The van der Waals surface area contributed by atoms with Gasteiger partial charge in [0, 0.05) is 18.4 Å². The predicted molar refractivity (Wildman–Crippen MR) is 41.3 cm³/mol. The van der Waals surface area contributed by atoms with Gasteiger partial charge in [-0.1, -0.05) is 6.42 Å². The Kier molecular flexibility index (Phi) is 1.95. The third kappa shape index (κ3) is 1.32. The molecule has 1 atom stereocenters. The summed E-state index contributed by atoms with van der Waals surface area (Å²) in [4.78, 5) is 11.5. The summed E-state index contributed by atoms with van der Waals surface area (Å²) in [6.45, 7) is 1.48. The Hall–Kier alpha value is -0.370. The highest BCUT2D eigenvalue weighted by Gasteiger charge is 2.32. The van der Waals surface area contributed by atoms with Crippen LogP contribution in [-0.4, -0.2) is 19.0 Å². The van der Waals surface area contributed by atoms with Crippen LogP contribution in [0.25, 0.3) is 0 Å². The average molecular weight is 154 g/mol. The van der Waals surface area contributed by atoms with E-state index in [2.05, 4.69) is 0 Å². The molecule has 2 fully saturated rings. The zero-order chi connectivity index (χ0) is 7.68. The number of carbonyl (C=O) groups is 1. The lowest BCUT2D eigenvalue weighted by atomic mass is 9.78. The van der Waals surface area contributed by atoms with Crippen molar-refractivity contribution in [3.05, 3.63) is 0 Å². The Balaban J connectivity index is 1.87. The number of carbonyl (C=O) groups excluding carboxylic acids is 1. The number of Topliss-reactive ketones (excluding diaryl/α,β-unsaturated/α-hetero) is 1. The highest BCUT2D eigenvalue weighted by Crippen LogP contribution is 2.31. The van der Waals surface area contributed by atoms with Gasteiger partial charge >= 0.3 is 0 Å². The molecule has 1 saturated heterocycles. The molecular formula is C9H14O2. The summed E-state index contributed by atoms with van der Waals surface area (Å²) >= 11 is 0. The molecule has 0 unspecified atom stereocenters. The smallest absolute Gasteiger partial charge is 0.141 e. The molecule has 2 aliphatic rings. The lowest BCUT2D eigenvalue weighted by Crippen LogP contribution is -2.28. The average Bonchev–Trinajstić information content (AvgIpc) is 2.32. The van der Waals surface area contributed by atoms with Crippen LogP contribution in [0.3, 0.4) is 0 Å². The highest BCUT2D eigenvalue weighted by molar-refractivity contribution is 5.84. The van der Waals surface area contributed by atoms with Crippen LogP contribution in [0, 0.1) is 11.8 Å². The number of ether oxygens (including phenoxy) is 1. The highest BCUT2D eigenvalue weighted by atomic mass is 16.5. The zero-order valence-corrected chi connectivity index (χ0v) is 6.71. The molecule has 0 N–H and O–H groups in total. The van der Waals surface area contributed by atoms with E-state index >= 15 is 0 Å². The van der Waals surface area contributed by atoms with Crippen LogP contribution in [0.4, 0.5) is 0 Å². The molecule has 0 amide bonds. The second-order valence-electron chi connectivity index (χ2n) is 3.59. The molecule has 1 saturated carbocycles. The molecule has 62 valence electrons. The maximum absolute atomic E-state index is 11.5. The fourth-order valence-electron chi connectivity index (χ4n) is 1.79. The minimum absolute atomic E-state index is 0.250. The topological polar surface area (TPSA) is 26.3 Å². The largest absolute Gasteiger partial charge is 0.381 e. The van der Waals surface area contributed by atoms with Gasteiger partial charge in [-0.2, -0.15) is 0 Å². The van der Waals surface area contributed by atoms with Gasteiger partial charge in [0.15, 0.2) is 0 Å². The summed E-state index contributed by atoms with van der Waals surface area (Å²) in [5, 5.41) is 0. The molecule has 0 aromatic rings. The first-order valence-corrected chi connectivity index (χ1v) is 4.49. The Labute approximate surface area is 66.9 Å². The number of hydrogen-bond acceptors (Lipinski definition) is 2. The van der Waals surface area contributed by atoms with Crippen molar-refractivity contribution in [2.45, 2.75) is 25.7 Å². The van der Waals surface area contributed by atoms with E-state index in [1.54, 1.807) is 0 Å². The molecule has 2 heteroatoms. The molecule has 1 aliphatic heterocycles. The maximum Gasteiger partial charge on any atom is 0.141 e. The quantitative estimate of drug-likeness (QED) is 0.600. The van der Waals surface area contributed by atoms with E-state index in [-0.39, 0.29) is 5.92 Å². The van der Waals surface area contributed by atoms with Crippen molar-refractivity contribution in [1.29, 1.82) is 0 Å². The maximum atomic E-state index is 11.5. The minimum atomic E-state index is 0.250. The minimum Gasteiger partial charge on any atom is -0.381 e. The molecular weight excluding hydrogens is 140 g/mol. The zero-order valence-electron chi connectivity index (χ0n) is 6.71. The van der Waals surface area contributed by atoms with Crippen LogP contribution in [0.1, 0.15) is 25.7 Å². The number of ketones is 1. The van der Waals surface area contributed by atoms with Crippen LogP contribution < -0.4 is 0 Å². The van der Waals surface area contributed by atoms with E-state index in [9.17, 15) is 4.79 Å². The lowest BCUT2D eigenvalue weighted by Gasteiger charge is -2.25. The van der Waals surface area contributed by atoms with Crippen molar-refractivity contribution in [3.63, 3.8) is 0 Å². The van der Waals surface area contributed by atoms with Crippen molar-refractivity contribution in [3.8, 4) is 0 Å². The molecule has 1 aliphatic carbocycles. The number of rotatable bonds is 2. The van der Waals surface area contributed by atoms with Gasteiger partial charge in [0.2, 0.25) is 0 Å². The summed E-state index contributed by atoms with van der Waals surface area (Å²) in [6, 6.07) is 0. The van der Waals surface area contributed by atoms with Gasteiger partial charge in [0.25, 0.3) is 0 Å². The summed E-state index contributed by atoms with van der Waals surface area (Å²) < 4.78 is 5.18. The van der Waals surface area contributed by atoms with Gasteiger partial charge in [-0.3, -0.25) is 4.79 Å². The molecule has 0 spiro atoms. The molecule has 11 heavy (non-hydrogen) atoms. The van der Waals surface area contributed by atoms with Gasteiger partial charge in [-0.25, -0.2) is 0 Å². The van der Waals surface area contributed by atoms with Crippen molar-refractivity contribution >= 4 is 5.78 Å². The van der Waals surface area contributed by atoms with E-state index in [4.69, 9.17) is 4.74 Å². The first-order valence-electron chi connectivity index (χ1n) is 4.49. The van der Waals surface area contributed by atoms with Crippen molar-refractivity contribution < 1.29 is 9.53 Å². The predicted octanol–water partition coefficient (Wildman–Crippen LogP) is 1.39. The van der Waals surface area contributed by atoms with E-state index in [0.29, 0.717) is 18.3 Å². The Morgan fingerprint density at radius 3 is 2.45 bits per heavy atom. The molecule has 0 aromatic heterocycles. The van der Waals surface area contributed by atoms with Crippen LogP contribution >= 0.6 is 0 Å². The van der Waals surface area contributed by atoms with Crippen LogP contribution in [0.2, 0.25) is 0 Å². The second-order valence-corrected chi connectivity index (χ2v) is 3.59. The Morgan fingerprint density at radius 1 is 1.18 bits per heavy atom. The van der Waals surface area contributed by atoms with Crippen LogP contribution in [0.15, 0.2) is 0 Å². The SMILES string of the molecule is O=C(C1CCC1)[C@H]1CCOC1. The first-order chi connectivity index (χ1) is 5.38. The second kappa shape index (κ2) is 2.94. The molecule has 2 rings (SSSR count).